The molecule has 2 aliphatic heterocycles. The molecule has 148 valence electrons. The Balaban J connectivity index is 1.38. The predicted molar refractivity (Wildman–Crippen MR) is 102 cm³/mol. The summed E-state index contributed by atoms with van der Waals surface area (Å²) in [7, 11) is 1.40. The van der Waals surface area contributed by atoms with Crippen LogP contribution in [0.5, 0.6) is 0 Å². The fourth-order valence-corrected chi connectivity index (χ4v) is 3.70. The number of anilines is 1. The van der Waals surface area contributed by atoms with E-state index in [4.69, 9.17) is 0 Å². The monoisotopic (exact) mass is 375 g/mol. The van der Waals surface area contributed by atoms with E-state index in [0.29, 0.717) is 18.9 Å². The van der Waals surface area contributed by atoms with Gasteiger partial charge in [-0.1, -0.05) is 0 Å². The first kappa shape index (κ1) is 19.6. The van der Waals surface area contributed by atoms with Crippen molar-refractivity contribution in [1.82, 2.24) is 20.3 Å². The normalized spacial score (nSPS) is 19.1. The van der Waals surface area contributed by atoms with Gasteiger partial charge in [-0.3, -0.25) is 20.0 Å². The van der Waals surface area contributed by atoms with E-state index < -0.39 is 0 Å². The number of rotatable bonds is 6. The van der Waals surface area contributed by atoms with Crippen molar-refractivity contribution in [3.05, 3.63) is 24.5 Å². The highest BCUT2D eigenvalue weighted by molar-refractivity contribution is 5.79. The number of amides is 1. The third kappa shape index (κ3) is 5.40. The van der Waals surface area contributed by atoms with Crippen LogP contribution in [-0.4, -0.2) is 79.7 Å². The molecule has 27 heavy (non-hydrogen) atoms. The third-order valence-electron chi connectivity index (χ3n) is 5.36. The van der Waals surface area contributed by atoms with Gasteiger partial charge in [-0.2, -0.15) is 0 Å². The van der Waals surface area contributed by atoms with Crippen molar-refractivity contribution >= 4 is 17.6 Å². The summed E-state index contributed by atoms with van der Waals surface area (Å²) < 4.78 is 4.64. The lowest BCUT2D eigenvalue weighted by Crippen LogP contribution is -2.52. The Morgan fingerprint density at radius 3 is 2.41 bits per heavy atom. The molecule has 2 saturated heterocycles. The molecule has 2 fully saturated rings. The molecule has 8 heteroatoms. The number of pyridine rings is 1. The Morgan fingerprint density at radius 2 is 1.78 bits per heavy atom. The molecule has 0 spiro atoms. The van der Waals surface area contributed by atoms with Crippen molar-refractivity contribution in [2.24, 2.45) is 5.92 Å². The number of ether oxygens (including phenoxy) is 1. The molecule has 1 aromatic rings. The molecule has 3 heterocycles. The van der Waals surface area contributed by atoms with Crippen LogP contribution in [0.25, 0.3) is 0 Å². The summed E-state index contributed by atoms with van der Waals surface area (Å²) in [6.45, 7) is 5.51. The van der Waals surface area contributed by atoms with E-state index in [1.807, 2.05) is 17.0 Å². The first-order valence-corrected chi connectivity index (χ1v) is 9.66. The minimum atomic E-state index is -0.210. The lowest BCUT2D eigenvalue weighted by molar-refractivity contribution is -0.140. The van der Waals surface area contributed by atoms with Gasteiger partial charge in [0, 0.05) is 69.8 Å². The molecule has 1 amide bonds. The lowest BCUT2D eigenvalue weighted by Gasteiger charge is -2.39. The van der Waals surface area contributed by atoms with E-state index in [1.165, 1.54) is 12.8 Å². The standard InChI is InChI=1S/C19H29N5O3/c1-27-18(25)4-9-21-24-10-5-16(6-11-24)19(26)23-14-12-22(13-15-23)17-2-7-20-8-3-17/h2-3,7-8,16,21H,4-6,9-15H2,1H3. The van der Waals surface area contributed by atoms with Crippen molar-refractivity contribution in [3.8, 4) is 0 Å². The van der Waals surface area contributed by atoms with E-state index in [9.17, 15) is 9.59 Å². The van der Waals surface area contributed by atoms with Crippen LogP contribution >= 0.6 is 0 Å². The second-order valence-electron chi connectivity index (χ2n) is 7.01. The van der Waals surface area contributed by atoms with E-state index >= 15 is 0 Å². The van der Waals surface area contributed by atoms with Crippen LogP contribution in [0, 0.1) is 5.92 Å². The first-order chi connectivity index (χ1) is 13.2. The fourth-order valence-electron chi connectivity index (χ4n) is 3.70. The predicted octanol–water partition coefficient (Wildman–Crippen LogP) is 0.510. The molecular weight excluding hydrogens is 346 g/mol. The first-order valence-electron chi connectivity index (χ1n) is 9.66. The zero-order valence-corrected chi connectivity index (χ0v) is 16.0. The molecule has 8 nitrogen and oxygen atoms in total. The number of aromatic nitrogens is 1. The summed E-state index contributed by atoms with van der Waals surface area (Å²) >= 11 is 0. The fraction of sp³-hybridized carbons (Fsp3) is 0.632. The maximum atomic E-state index is 12.8. The molecule has 0 aliphatic carbocycles. The number of hydrogen-bond donors (Lipinski definition) is 1. The van der Waals surface area contributed by atoms with E-state index in [1.54, 1.807) is 12.4 Å². The van der Waals surface area contributed by atoms with Crippen LogP contribution in [0.1, 0.15) is 19.3 Å². The van der Waals surface area contributed by atoms with Gasteiger partial charge in [0.05, 0.1) is 13.5 Å². The zero-order valence-electron chi connectivity index (χ0n) is 16.0. The quantitative estimate of drug-likeness (QED) is 0.726. The number of hydrazine groups is 1. The van der Waals surface area contributed by atoms with Crippen molar-refractivity contribution in [1.29, 1.82) is 0 Å². The van der Waals surface area contributed by atoms with Crippen molar-refractivity contribution in [2.75, 3.05) is 57.8 Å². The van der Waals surface area contributed by atoms with Crippen LogP contribution in [0.4, 0.5) is 5.69 Å². The zero-order chi connectivity index (χ0) is 19.1. The van der Waals surface area contributed by atoms with Crippen LogP contribution in [0.3, 0.4) is 0 Å². The van der Waals surface area contributed by atoms with Gasteiger partial charge >= 0.3 is 5.97 Å². The smallest absolute Gasteiger partial charge is 0.306 e. The Hall–Kier alpha value is -2.19. The largest absolute Gasteiger partial charge is 0.469 e. The third-order valence-corrected chi connectivity index (χ3v) is 5.36. The number of piperidine rings is 1. The summed E-state index contributed by atoms with van der Waals surface area (Å²) in [4.78, 5) is 32.4. The molecule has 1 N–H and O–H groups in total. The maximum absolute atomic E-state index is 12.8. The van der Waals surface area contributed by atoms with Gasteiger partial charge in [0.15, 0.2) is 0 Å². The van der Waals surface area contributed by atoms with Crippen molar-refractivity contribution < 1.29 is 14.3 Å². The molecule has 0 aromatic carbocycles. The Bertz CT molecular complexity index is 611. The summed E-state index contributed by atoms with van der Waals surface area (Å²) in [5, 5.41) is 2.11. The molecule has 2 aliphatic rings. The van der Waals surface area contributed by atoms with Crippen LogP contribution < -0.4 is 10.3 Å². The highest BCUT2D eigenvalue weighted by Crippen LogP contribution is 2.21. The Kier molecular flexibility index (Phi) is 7.00. The molecule has 0 radical (unpaired) electrons. The number of nitrogens with zero attached hydrogens (tertiary/aromatic N) is 4. The minimum Gasteiger partial charge on any atom is -0.469 e. The molecule has 0 unspecified atom stereocenters. The summed E-state index contributed by atoms with van der Waals surface area (Å²) in [6.07, 6.45) is 5.68. The molecule has 3 rings (SSSR count). The number of carbonyl (C=O) groups is 2. The SMILES string of the molecule is COC(=O)CCNN1CCC(C(=O)N2CCN(c3ccncc3)CC2)CC1. The van der Waals surface area contributed by atoms with Crippen LogP contribution in [-0.2, 0) is 14.3 Å². The van der Waals surface area contributed by atoms with Crippen molar-refractivity contribution in [3.63, 3.8) is 0 Å². The minimum absolute atomic E-state index is 0.108. The van der Waals surface area contributed by atoms with Gasteiger partial charge in [-0.05, 0) is 25.0 Å². The maximum Gasteiger partial charge on any atom is 0.306 e. The second kappa shape index (κ2) is 9.66. The van der Waals surface area contributed by atoms with E-state index in [0.717, 1.165) is 52.1 Å². The summed E-state index contributed by atoms with van der Waals surface area (Å²) in [5.74, 6) is 0.188. The molecule has 0 atom stereocenters. The average Bonchev–Trinajstić information content (AvgIpc) is 2.74. The van der Waals surface area contributed by atoms with Crippen molar-refractivity contribution in [2.45, 2.75) is 19.3 Å². The summed E-state index contributed by atoms with van der Waals surface area (Å²) in [6, 6.07) is 4.03. The van der Waals surface area contributed by atoms with Gasteiger partial charge in [0.2, 0.25) is 5.91 Å². The average molecular weight is 375 g/mol. The highest BCUT2D eigenvalue weighted by atomic mass is 16.5. The molecule has 1 aromatic heterocycles. The summed E-state index contributed by atoms with van der Waals surface area (Å²) in [5.41, 5.74) is 4.42. The molecule has 0 saturated carbocycles. The van der Waals surface area contributed by atoms with Crippen LogP contribution in [0.2, 0.25) is 0 Å². The van der Waals surface area contributed by atoms with E-state index in [-0.39, 0.29) is 11.9 Å². The number of piperazine rings is 1. The Morgan fingerprint density at radius 1 is 1.11 bits per heavy atom. The topological polar surface area (TPSA) is 78.0 Å². The van der Waals surface area contributed by atoms with Gasteiger partial charge in [-0.25, -0.2) is 5.01 Å². The number of carbonyl (C=O) groups excluding carboxylic acids is 2. The van der Waals surface area contributed by atoms with Gasteiger partial charge in [0.1, 0.15) is 0 Å². The van der Waals surface area contributed by atoms with Gasteiger partial charge < -0.3 is 14.5 Å². The second-order valence-corrected chi connectivity index (χ2v) is 7.01. The highest BCUT2D eigenvalue weighted by Gasteiger charge is 2.30. The van der Waals surface area contributed by atoms with Gasteiger partial charge in [-0.15, -0.1) is 0 Å². The lowest BCUT2D eigenvalue weighted by atomic mass is 9.96. The molecular formula is C19H29N5O3. The Labute approximate surface area is 160 Å². The molecule has 0 bridgehead atoms. The number of methoxy groups -OCH3 is 1. The van der Waals surface area contributed by atoms with E-state index in [2.05, 4.69) is 25.1 Å². The van der Waals surface area contributed by atoms with Gasteiger partial charge in [0.25, 0.3) is 0 Å². The number of hydrogen-bond acceptors (Lipinski definition) is 7. The number of nitrogens with one attached hydrogen (secondary N) is 1. The number of esters is 1. The van der Waals surface area contributed by atoms with Crippen LogP contribution in [0.15, 0.2) is 24.5 Å².